The van der Waals surface area contributed by atoms with Crippen molar-refractivity contribution in [1.82, 2.24) is 14.5 Å². The van der Waals surface area contributed by atoms with Crippen LogP contribution in [0.15, 0.2) is 36.4 Å². The van der Waals surface area contributed by atoms with Crippen LogP contribution in [0.3, 0.4) is 0 Å². The number of carbonyl (C=O) groups is 2. The first-order chi connectivity index (χ1) is 14.9. The van der Waals surface area contributed by atoms with Crippen molar-refractivity contribution in [2.45, 2.75) is 25.9 Å². The van der Waals surface area contributed by atoms with E-state index in [4.69, 9.17) is 9.72 Å². The molecule has 8 heteroatoms. The van der Waals surface area contributed by atoms with Crippen molar-refractivity contribution < 1.29 is 19.4 Å². The van der Waals surface area contributed by atoms with E-state index in [-0.39, 0.29) is 11.8 Å². The van der Waals surface area contributed by atoms with Crippen LogP contribution in [0.25, 0.3) is 22.4 Å². The summed E-state index contributed by atoms with van der Waals surface area (Å²) in [6, 6.07) is 11.0. The number of hydrogen-bond donors (Lipinski definition) is 2. The van der Waals surface area contributed by atoms with Crippen LogP contribution in [0.2, 0.25) is 0 Å². The highest BCUT2D eigenvalue weighted by Gasteiger charge is 2.25. The first-order valence-corrected chi connectivity index (χ1v) is 10.3. The molecule has 2 amide bonds. The number of fused-ring (bicyclic) bond motifs is 1. The number of likely N-dealkylation sites (tertiary alicyclic amines) is 1. The predicted molar refractivity (Wildman–Crippen MR) is 118 cm³/mol. The Kier molecular flexibility index (Phi) is 5.65. The lowest BCUT2D eigenvalue weighted by molar-refractivity contribution is -0.114. The second kappa shape index (κ2) is 8.39. The normalized spacial score (nSPS) is 16.4. The number of rotatable bonds is 4. The van der Waals surface area contributed by atoms with Crippen LogP contribution in [0.1, 0.15) is 30.1 Å². The Labute approximate surface area is 180 Å². The molecule has 2 N–H and O–H groups in total. The summed E-state index contributed by atoms with van der Waals surface area (Å²) in [7, 11) is 3.47. The molecular formula is C23H26N4O4. The highest BCUT2D eigenvalue weighted by atomic mass is 16.5. The van der Waals surface area contributed by atoms with Crippen LogP contribution < -0.4 is 10.1 Å². The highest BCUT2D eigenvalue weighted by Crippen LogP contribution is 2.34. The monoisotopic (exact) mass is 422 g/mol. The van der Waals surface area contributed by atoms with Crippen molar-refractivity contribution in [3.63, 3.8) is 0 Å². The largest absolute Gasteiger partial charge is 0.496 e. The molecule has 2 heterocycles. The number of nitrogens with zero attached hydrogens (tertiary/aromatic N) is 3. The van der Waals surface area contributed by atoms with Gasteiger partial charge in [-0.3, -0.25) is 9.59 Å². The van der Waals surface area contributed by atoms with Gasteiger partial charge in [0, 0.05) is 32.6 Å². The second-order valence-corrected chi connectivity index (χ2v) is 7.81. The molecule has 1 fully saturated rings. The van der Waals surface area contributed by atoms with Gasteiger partial charge in [-0.15, -0.1) is 0 Å². The van der Waals surface area contributed by atoms with Gasteiger partial charge in [0.1, 0.15) is 11.6 Å². The Morgan fingerprint density at radius 2 is 2.03 bits per heavy atom. The molecule has 0 aliphatic carbocycles. The number of anilines is 1. The average molecular weight is 422 g/mol. The first-order valence-electron chi connectivity index (χ1n) is 10.3. The molecule has 0 saturated carbocycles. The topological polar surface area (TPSA) is 96.7 Å². The molecule has 0 unspecified atom stereocenters. The number of aryl methyl sites for hydroxylation is 1. The fourth-order valence-electron chi connectivity index (χ4n) is 4.15. The number of amides is 2. The molecule has 1 aliphatic heterocycles. The summed E-state index contributed by atoms with van der Waals surface area (Å²) < 4.78 is 7.38. The third kappa shape index (κ3) is 3.98. The van der Waals surface area contributed by atoms with Gasteiger partial charge in [-0.2, -0.15) is 0 Å². The van der Waals surface area contributed by atoms with E-state index in [0.717, 1.165) is 12.0 Å². The molecule has 1 aromatic heterocycles. The number of imidazole rings is 1. The van der Waals surface area contributed by atoms with Gasteiger partial charge < -0.3 is 24.6 Å². The quantitative estimate of drug-likeness (QED) is 0.674. The van der Waals surface area contributed by atoms with Crippen molar-refractivity contribution in [2.24, 2.45) is 7.05 Å². The lowest BCUT2D eigenvalue weighted by Gasteiger charge is -2.30. The zero-order chi connectivity index (χ0) is 22.1. The molecule has 1 atom stereocenters. The van der Waals surface area contributed by atoms with Gasteiger partial charge >= 0.3 is 0 Å². The number of aliphatic hydroxyl groups is 1. The fourth-order valence-corrected chi connectivity index (χ4v) is 4.15. The third-order valence-electron chi connectivity index (χ3n) is 5.56. The molecule has 8 nitrogen and oxygen atoms in total. The molecule has 4 rings (SSSR count). The van der Waals surface area contributed by atoms with Gasteiger partial charge in [0.05, 0.1) is 35.5 Å². The van der Waals surface area contributed by atoms with Gasteiger partial charge in [-0.25, -0.2) is 4.98 Å². The van der Waals surface area contributed by atoms with Gasteiger partial charge in [0.15, 0.2) is 0 Å². The van der Waals surface area contributed by atoms with Crippen molar-refractivity contribution in [2.75, 3.05) is 25.5 Å². The van der Waals surface area contributed by atoms with E-state index in [1.165, 1.54) is 6.92 Å². The zero-order valence-corrected chi connectivity index (χ0v) is 17.9. The van der Waals surface area contributed by atoms with Crippen molar-refractivity contribution in [3.8, 4) is 17.1 Å². The number of carbonyl (C=O) groups excluding carboxylic acids is 2. The van der Waals surface area contributed by atoms with Crippen LogP contribution in [0.4, 0.5) is 5.69 Å². The fraction of sp³-hybridized carbons (Fsp3) is 0.348. The summed E-state index contributed by atoms with van der Waals surface area (Å²) >= 11 is 0. The summed E-state index contributed by atoms with van der Waals surface area (Å²) in [6.45, 7) is 2.33. The summed E-state index contributed by atoms with van der Waals surface area (Å²) in [5, 5.41) is 12.8. The van der Waals surface area contributed by atoms with Crippen LogP contribution in [0.5, 0.6) is 5.75 Å². The number of para-hydroxylation sites is 1. The van der Waals surface area contributed by atoms with E-state index >= 15 is 0 Å². The van der Waals surface area contributed by atoms with E-state index in [0.29, 0.717) is 53.4 Å². The molecule has 162 valence electrons. The zero-order valence-electron chi connectivity index (χ0n) is 17.9. The highest BCUT2D eigenvalue weighted by molar-refractivity contribution is 6.05. The maximum atomic E-state index is 13.1. The maximum Gasteiger partial charge on any atom is 0.254 e. The Balaban J connectivity index is 1.85. The third-order valence-corrected chi connectivity index (χ3v) is 5.56. The standard InChI is InChI=1S/C23H26N4O4/c1-14(28)24-18-11-15(23(30)27-10-6-7-16(29)13-27)12-19-21(18)26(2)22(25-19)17-8-4-5-9-20(17)31-3/h4-5,8-9,11-12,16,29H,6-7,10,13H2,1-3H3,(H,24,28)/t16-/m1/s1. The van der Waals surface area contributed by atoms with E-state index in [2.05, 4.69) is 5.32 Å². The molecule has 0 bridgehead atoms. The Bertz CT molecular complexity index is 1150. The molecule has 3 aromatic rings. The lowest BCUT2D eigenvalue weighted by Crippen LogP contribution is -2.42. The van der Waals surface area contributed by atoms with Crippen LogP contribution in [-0.2, 0) is 11.8 Å². The maximum absolute atomic E-state index is 13.1. The first kappa shape index (κ1) is 20.9. The number of piperidine rings is 1. The molecule has 0 radical (unpaired) electrons. The van der Waals surface area contributed by atoms with E-state index < -0.39 is 6.10 Å². The van der Waals surface area contributed by atoms with Gasteiger partial charge in [0.2, 0.25) is 5.91 Å². The Morgan fingerprint density at radius 3 is 2.74 bits per heavy atom. The molecule has 31 heavy (non-hydrogen) atoms. The van der Waals surface area contributed by atoms with E-state index in [1.54, 1.807) is 24.1 Å². The summed E-state index contributed by atoms with van der Waals surface area (Å²) in [5.74, 6) is 0.925. The molecule has 1 aliphatic rings. The average Bonchev–Trinajstić information content (AvgIpc) is 3.09. The van der Waals surface area contributed by atoms with Gasteiger partial charge in [0.25, 0.3) is 5.91 Å². The smallest absolute Gasteiger partial charge is 0.254 e. The summed E-state index contributed by atoms with van der Waals surface area (Å²) in [5.41, 5.74) is 3.06. The molecule has 1 saturated heterocycles. The molecular weight excluding hydrogens is 396 g/mol. The van der Waals surface area contributed by atoms with Crippen LogP contribution in [-0.4, -0.2) is 57.7 Å². The predicted octanol–water partition coefficient (Wildman–Crippen LogP) is 2.80. The van der Waals surface area contributed by atoms with Crippen LogP contribution in [0, 0.1) is 0 Å². The molecule has 2 aromatic carbocycles. The number of nitrogens with one attached hydrogen (secondary N) is 1. The second-order valence-electron chi connectivity index (χ2n) is 7.81. The van der Waals surface area contributed by atoms with Crippen LogP contribution >= 0.6 is 0 Å². The minimum Gasteiger partial charge on any atom is -0.496 e. The molecule has 0 spiro atoms. The number of hydrogen-bond acceptors (Lipinski definition) is 5. The minimum absolute atomic E-state index is 0.184. The number of aromatic nitrogens is 2. The minimum atomic E-state index is -0.511. The van der Waals surface area contributed by atoms with Gasteiger partial charge in [-0.05, 0) is 37.1 Å². The summed E-state index contributed by atoms with van der Waals surface area (Å²) in [4.78, 5) is 31.4. The van der Waals surface area contributed by atoms with Crippen molar-refractivity contribution in [3.05, 3.63) is 42.0 Å². The number of aliphatic hydroxyl groups excluding tert-OH is 1. The Hall–Kier alpha value is -3.39. The van der Waals surface area contributed by atoms with Crippen molar-refractivity contribution in [1.29, 1.82) is 0 Å². The number of benzene rings is 2. The SMILES string of the molecule is COc1ccccc1-c1nc2cc(C(=O)N3CCC[C@@H](O)C3)cc(NC(C)=O)c2n1C. The lowest BCUT2D eigenvalue weighted by atomic mass is 10.1. The van der Waals surface area contributed by atoms with E-state index in [1.807, 2.05) is 35.9 Å². The van der Waals surface area contributed by atoms with Gasteiger partial charge in [-0.1, -0.05) is 12.1 Å². The summed E-state index contributed by atoms with van der Waals surface area (Å²) in [6.07, 6.45) is 0.945. The number of β-amino-alcohol motifs (C(OH)–C–C–N with tert-alkyl or cyclic N) is 1. The van der Waals surface area contributed by atoms with Crippen molar-refractivity contribution >= 4 is 28.5 Å². The number of methoxy groups -OCH3 is 1. The number of ether oxygens (including phenoxy) is 1. The Morgan fingerprint density at radius 1 is 1.26 bits per heavy atom. The van der Waals surface area contributed by atoms with E-state index in [9.17, 15) is 14.7 Å².